The molecule has 5 nitrogen and oxygen atoms in total. The van der Waals surface area contributed by atoms with Gasteiger partial charge in [-0.25, -0.2) is 8.42 Å². The SMILES string of the molecule is Cc1ccn(C)c(=O)c1NS(=O)(=O)c1cccs1. The van der Waals surface area contributed by atoms with Gasteiger partial charge in [0.15, 0.2) is 0 Å². The molecule has 0 saturated heterocycles. The van der Waals surface area contributed by atoms with Crippen LogP contribution in [0.3, 0.4) is 0 Å². The first-order valence-electron chi connectivity index (χ1n) is 5.14. The van der Waals surface area contributed by atoms with Crippen LogP contribution in [-0.4, -0.2) is 13.0 Å². The van der Waals surface area contributed by atoms with Gasteiger partial charge in [0.25, 0.3) is 15.6 Å². The average Bonchev–Trinajstić information content (AvgIpc) is 2.84. The number of hydrogen-bond donors (Lipinski definition) is 1. The number of sulfonamides is 1. The maximum absolute atomic E-state index is 12.0. The van der Waals surface area contributed by atoms with E-state index in [1.807, 2.05) is 0 Å². The van der Waals surface area contributed by atoms with Gasteiger partial charge in [0.2, 0.25) is 0 Å². The lowest BCUT2D eigenvalue weighted by atomic mass is 10.2. The van der Waals surface area contributed by atoms with Crippen LogP contribution in [0.4, 0.5) is 5.69 Å². The van der Waals surface area contributed by atoms with Gasteiger partial charge in [-0.05, 0) is 30.0 Å². The first-order valence-corrected chi connectivity index (χ1v) is 7.50. The molecule has 0 spiro atoms. The molecule has 0 amide bonds. The normalized spacial score (nSPS) is 11.4. The molecule has 0 unspecified atom stereocenters. The number of aryl methyl sites for hydroxylation is 2. The van der Waals surface area contributed by atoms with E-state index in [1.54, 1.807) is 37.7 Å². The predicted octanol–water partition coefficient (Wildman–Crippen LogP) is 1.56. The molecular formula is C11H12N2O3S2. The van der Waals surface area contributed by atoms with Gasteiger partial charge in [-0.15, -0.1) is 11.3 Å². The van der Waals surface area contributed by atoms with Gasteiger partial charge in [-0.1, -0.05) is 6.07 Å². The fraction of sp³-hybridized carbons (Fsp3) is 0.182. The predicted molar refractivity (Wildman–Crippen MR) is 71.5 cm³/mol. The van der Waals surface area contributed by atoms with Crippen molar-refractivity contribution >= 4 is 27.0 Å². The molecule has 7 heteroatoms. The zero-order valence-corrected chi connectivity index (χ0v) is 11.5. The number of rotatable bonds is 3. The molecule has 2 rings (SSSR count). The lowest BCUT2D eigenvalue weighted by Gasteiger charge is -2.09. The molecule has 18 heavy (non-hydrogen) atoms. The third kappa shape index (κ3) is 2.32. The molecule has 2 aromatic rings. The molecule has 0 aliphatic heterocycles. The molecule has 96 valence electrons. The van der Waals surface area contributed by atoms with Gasteiger partial charge in [0, 0.05) is 13.2 Å². The van der Waals surface area contributed by atoms with Gasteiger partial charge < -0.3 is 4.57 Å². The van der Waals surface area contributed by atoms with Gasteiger partial charge in [0.1, 0.15) is 9.90 Å². The van der Waals surface area contributed by atoms with Gasteiger partial charge in [0.05, 0.1) is 0 Å². The van der Waals surface area contributed by atoms with E-state index in [4.69, 9.17) is 0 Å². The Kier molecular flexibility index (Phi) is 3.27. The highest BCUT2D eigenvalue weighted by molar-refractivity contribution is 7.94. The van der Waals surface area contributed by atoms with E-state index in [-0.39, 0.29) is 15.5 Å². The molecule has 0 aliphatic rings. The van der Waals surface area contributed by atoms with Crippen LogP contribution in [0.15, 0.2) is 38.8 Å². The van der Waals surface area contributed by atoms with Crippen LogP contribution in [0.25, 0.3) is 0 Å². The van der Waals surface area contributed by atoms with E-state index < -0.39 is 10.0 Å². The van der Waals surface area contributed by atoms with Crippen molar-refractivity contribution in [3.63, 3.8) is 0 Å². The van der Waals surface area contributed by atoms with Crippen molar-refractivity contribution in [2.24, 2.45) is 7.05 Å². The van der Waals surface area contributed by atoms with Crippen LogP contribution in [0.5, 0.6) is 0 Å². The minimum Gasteiger partial charge on any atom is -0.317 e. The number of aromatic nitrogens is 1. The van der Waals surface area contributed by atoms with Crippen molar-refractivity contribution in [2.75, 3.05) is 4.72 Å². The van der Waals surface area contributed by atoms with Crippen molar-refractivity contribution in [1.82, 2.24) is 4.57 Å². The second kappa shape index (κ2) is 4.58. The van der Waals surface area contributed by atoms with Crippen LogP contribution >= 0.6 is 11.3 Å². The Morgan fingerprint density at radius 1 is 1.33 bits per heavy atom. The highest BCUT2D eigenvalue weighted by Crippen LogP contribution is 2.19. The Morgan fingerprint density at radius 2 is 2.06 bits per heavy atom. The molecule has 0 aliphatic carbocycles. The monoisotopic (exact) mass is 284 g/mol. The molecular weight excluding hydrogens is 272 g/mol. The average molecular weight is 284 g/mol. The fourth-order valence-corrected chi connectivity index (χ4v) is 3.57. The molecule has 1 N–H and O–H groups in total. The molecule has 0 saturated carbocycles. The number of nitrogens with zero attached hydrogens (tertiary/aromatic N) is 1. The zero-order chi connectivity index (χ0) is 13.3. The summed E-state index contributed by atoms with van der Waals surface area (Å²) in [6, 6.07) is 4.83. The standard InChI is InChI=1S/C11H12N2O3S2/c1-8-5-6-13(2)11(14)10(8)12-18(15,16)9-4-3-7-17-9/h3-7,12H,1-2H3. The third-order valence-corrected chi connectivity index (χ3v) is 5.22. The summed E-state index contributed by atoms with van der Waals surface area (Å²) in [5, 5.41) is 1.67. The van der Waals surface area contributed by atoms with E-state index in [1.165, 1.54) is 10.6 Å². The van der Waals surface area contributed by atoms with Crippen molar-refractivity contribution in [3.8, 4) is 0 Å². The highest BCUT2D eigenvalue weighted by Gasteiger charge is 2.18. The summed E-state index contributed by atoms with van der Waals surface area (Å²) in [7, 11) is -2.10. The molecule has 0 aromatic carbocycles. The van der Waals surface area contributed by atoms with Crippen LogP contribution in [0.2, 0.25) is 0 Å². The molecule has 2 aromatic heterocycles. The van der Waals surface area contributed by atoms with E-state index in [0.717, 1.165) is 11.3 Å². The minimum atomic E-state index is -3.68. The summed E-state index contributed by atoms with van der Waals surface area (Å²) in [6.07, 6.45) is 1.60. The Morgan fingerprint density at radius 3 is 2.67 bits per heavy atom. The Labute approximate surface area is 109 Å². The quantitative estimate of drug-likeness (QED) is 0.930. The maximum atomic E-state index is 12.0. The number of nitrogens with one attached hydrogen (secondary N) is 1. The summed E-state index contributed by atoms with van der Waals surface area (Å²) in [5.41, 5.74) is 0.321. The lowest BCUT2D eigenvalue weighted by molar-refractivity contribution is 0.603. The van der Waals surface area contributed by atoms with Gasteiger partial charge in [-0.2, -0.15) is 0 Å². The summed E-state index contributed by atoms with van der Waals surface area (Å²) in [5.74, 6) is 0. The van der Waals surface area contributed by atoms with Gasteiger partial charge >= 0.3 is 0 Å². The van der Waals surface area contributed by atoms with E-state index in [9.17, 15) is 13.2 Å². The Balaban J connectivity index is 2.48. The Hall–Kier alpha value is -1.60. The van der Waals surface area contributed by atoms with Crippen molar-refractivity contribution in [1.29, 1.82) is 0 Å². The largest absolute Gasteiger partial charge is 0.317 e. The first-order chi connectivity index (χ1) is 8.42. The second-order valence-electron chi connectivity index (χ2n) is 3.83. The number of pyridine rings is 1. The number of anilines is 1. The molecule has 0 atom stereocenters. The molecule has 0 radical (unpaired) electrons. The van der Waals surface area contributed by atoms with Crippen LogP contribution < -0.4 is 10.3 Å². The summed E-state index contributed by atoms with van der Waals surface area (Å²) in [4.78, 5) is 11.9. The zero-order valence-electron chi connectivity index (χ0n) is 9.88. The van der Waals surface area contributed by atoms with E-state index in [0.29, 0.717) is 5.56 Å². The molecule has 0 bridgehead atoms. The summed E-state index contributed by atoms with van der Waals surface area (Å²) < 4.78 is 27.9. The fourth-order valence-electron chi connectivity index (χ4n) is 1.44. The number of thiophene rings is 1. The van der Waals surface area contributed by atoms with Crippen molar-refractivity contribution in [3.05, 3.63) is 45.7 Å². The topological polar surface area (TPSA) is 68.2 Å². The first kappa shape index (κ1) is 12.8. The molecule has 2 heterocycles. The molecule has 0 fully saturated rings. The van der Waals surface area contributed by atoms with E-state index in [2.05, 4.69) is 4.72 Å². The van der Waals surface area contributed by atoms with Crippen LogP contribution in [0.1, 0.15) is 5.56 Å². The van der Waals surface area contributed by atoms with Crippen molar-refractivity contribution < 1.29 is 8.42 Å². The van der Waals surface area contributed by atoms with Gasteiger partial charge in [-0.3, -0.25) is 9.52 Å². The van der Waals surface area contributed by atoms with Crippen LogP contribution in [0, 0.1) is 6.92 Å². The summed E-state index contributed by atoms with van der Waals surface area (Å²) >= 11 is 1.11. The smallest absolute Gasteiger partial charge is 0.274 e. The summed E-state index contributed by atoms with van der Waals surface area (Å²) in [6.45, 7) is 1.69. The van der Waals surface area contributed by atoms with E-state index >= 15 is 0 Å². The number of hydrogen-bond acceptors (Lipinski definition) is 4. The highest BCUT2D eigenvalue weighted by atomic mass is 32.2. The van der Waals surface area contributed by atoms with Crippen LogP contribution in [-0.2, 0) is 17.1 Å². The maximum Gasteiger partial charge on any atom is 0.274 e. The third-order valence-electron chi connectivity index (χ3n) is 2.47. The minimum absolute atomic E-state index is 0.0911. The lowest BCUT2D eigenvalue weighted by Crippen LogP contribution is -2.24. The van der Waals surface area contributed by atoms with Crippen molar-refractivity contribution in [2.45, 2.75) is 11.1 Å². The second-order valence-corrected chi connectivity index (χ2v) is 6.68. The Bertz CT molecular complexity index is 715.